The number of rotatable bonds is 5. The van der Waals surface area contributed by atoms with E-state index in [0.717, 1.165) is 4.47 Å². The van der Waals surface area contributed by atoms with Gasteiger partial charge in [0.05, 0.1) is 19.2 Å². The third kappa shape index (κ3) is 3.60. The van der Waals surface area contributed by atoms with Crippen LogP contribution in [0.4, 0.5) is 0 Å². The number of hydrogen-bond donors (Lipinski definition) is 1. The second-order valence-electron chi connectivity index (χ2n) is 4.45. The average molecular weight is 338 g/mol. The second kappa shape index (κ2) is 6.56. The molecule has 1 unspecified atom stereocenters. The van der Waals surface area contributed by atoms with Gasteiger partial charge in [-0.15, -0.1) is 0 Å². The lowest BCUT2D eigenvalue weighted by Crippen LogP contribution is -2.36. The number of amides is 1. The molecule has 2 rings (SSSR count). The number of aromatic nitrogens is 2. The van der Waals surface area contributed by atoms with E-state index in [9.17, 15) is 4.79 Å². The fourth-order valence-corrected chi connectivity index (χ4v) is 2.23. The molecule has 1 N–H and O–H groups in total. The molecule has 5 nitrogen and oxygen atoms in total. The fraction of sp³-hybridized carbons (Fsp3) is 0.286. The molecule has 2 aromatic rings. The van der Waals surface area contributed by atoms with Crippen LogP contribution in [-0.4, -0.2) is 28.8 Å². The third-order valence-electron chi connectivity index (χ3n) is 2.81. The van der Waals surface area contributed by atoms with Gasteiger partial charge in [0, 0.05) is 22.9 Å². The van der Waals surface area contributed by atoms with E-state index in [4.69, 9.17) is 4.74 Å². The Bertz CT molecular complexity index is 584. The summed E-state index contributed by atoms with van der Waals surface area (Å²) < 4.78 is 7.88. The second-order valence-corrected chi connectivity index (χ2v) is 5.36. The molecule has 1 aromatic carbocycles. The number of benzene rings is 1. The first-order valence-corrected chi connectivity index (χ1v) is 7.01. The largest absolute Gasteiger partial charge is 0.496 e. The van der Waals surface area contributed by atoms with Crippen LogP contribution in [0.3, 0.4) is 0 Å². The topological polar surface area (TPSA) is 56.1 Å². The van der Waals surface area contributed by atoms with Gasteiger partial charge in [-0.2, -0.15) is 5.10 Å². The van der Waals surface area contributed by atoms with Crippen LogP contribution in [0.2, 0.25) is 0 Å². The molecule has 0 saturated carbocycles. The maximum atomic E-state index is 12.2. The number of ether oxygens (including phenoxy) is 1. The van der Waals surface area contributed by atoms with E-state index in [-0.39, 0.29) is 11.9 Å². The zero-order chi connectivity index (χ0) is 14.5. The Morgan fingerprint density at radius 1 is 1.55 bits per heavy atom. The predicted octanol–water partition coefficient (Wildman–Crippen LogP) is 2.47. The summed E-state index contributed by atoms with van der Waals surface area (Å²) in [5, 5.41) is 7.05. The lowest BCUT2D eigenvalue weighted by atomic mass is 10.1. The Morgan fingerprint density at radius 3 is 3.00 bits per heavy atom. The highest BCUT2D eigenvalue weighted by molar-refractivity contribution is 9.10. The molecule has 0 spiro atoms. The SMILES string of the molecule is COc1cc(Br)ccc1C(=O)NC(C)Cn1cccn1. The standard InChI is InChI=1S/C14H16BrN3O2/c1-10(9-18-7-3-6-16-18)17-14(19)12-5-4-11(15)8-13(12)20-2/h3-8,10H,9H2,1-2H3,(H,17,19). The van der Waals surface area contributed by atoms with Crippen LogP contribution >= 0.6 is 15.9 Å². The number of nitrogens with zero attached hydrogens (tertiary/aromatic N) is 2. The van der Waals surface area contributed by atoms with E-state index in [1.807, 2.05) is 25.3 Å². The van der Waals surface area contributed by atoms with Crippen molar-refractivity contribution in [3.8, 4) is 5.75 Å². The van der Waals surface area contributed by atoms with Crippen molar-refractivity contribution in [2.75, 3.05) is 7.11 Å². The van der Waals surface area contributed by atoms with Crippen LogP contribution in [0.25, 0.3) is 0 Å². The molecule has 1 heterocycles. The normalized spacial score (nSPS) is 11.9. The predicted molar refractivity (Wildman–Crippen MR) is 79.8 cm³/mol. The zero-order valence-corrected chi connectivity index (χ0v) is 12.9. The van der Waals surface area contributed by atoms with Crippen LogP contribution < -0.4 is 10.1 Å². The van der Waals surface area contributed by atoms with Crippen molar-refractivity contribution in [3.05, 3.63) is 46.7 Å². The molecule has 0 fully saturated rings. The number of carbonyl (C=O) groups is 1. The number of carbonyl (C=O) groups excluding carboxylic acids is 1. The first kappa shape index (κ1) is 14.6. The summed E-state index contributed by atoms with van der Waals surface area (Å²) in [6.07, 6.45) is 3.58. The van der Waals surface area contributed by atoms with Gasteiger partial charge in [0.15, 0.2) is 0 Å². The van der Waals surface area contributed by atoms with E-state index in [0.29, 0.717) is 17.9 Å². The molecule has 0 bridgehead atoms. The minimum absolute atomic E-state index is 0.0317. The molecule has 106 valence electrons. The van der Waals surface area contributed by atoms with E-state index in [2.05, 4.69) is 26.3 Å². The molecular weight excluding hydrogens is 322 g/mol. The Labute approximate surface area is 126 Å². The molecule has 1 aromatic heterocycles. The highest BCUT2D eigenvalue weighted by Crippen LogP contribution is 2.23. The summed E-state index contributed by atoms with van der Waals surface area (Å²) in [6, 6.07) is 7.14. The molecular formula is C14H16BrN3O2. The van der Waals surface area contributed by atoms with E-state index >= 15 is 0 Å². The van der Waals surface area contributed by atoms with Gasteiger partial charge in [-0.3, -0.25) is 9.48 Å². The number of nitrogens with one attached hydrogen (secondary N) is 1. The van der Waals surface area contributed by atoms with Gasteiger partial charge in [0.25, 0.3) is 5.91 Å². The van der Waals surface area contributed by atoms with Crippen molar-refractivity contribution in [2.24, 2.45) is 0 Å². The number of methoxy groups -OCH3 is 1. The van der Waals surface area contributed by atoms with Gasteiger partial charge in [-0.1, -0.05) is 15.9 Å². The molecule has 0 aliphatic carbocycles. The van der Waals surface area contributed by atoms with Crippen molar-refractivity contribution in [2.45, 2.75) is 19.5 Å². The number of halogens is 1. The first-order chi connectivity index (χ1) is 9.60. The van der Waals surface area contributed by atoms with Crippen molar-refractivity contribution < 1.29 is 9.53 Å². The molecule has 6 heteroatoms. The van der Waals surface area contributed by atoms with Crippen molar-refractivity contribution >= 4 is 21.8 Å². The smallest absolute Gasteiger partial charge is 0.255 e. The third-order valence-corrected chi connectivity index (χ3v) is 3.30. The minimum atomic E-state index is -0.158. The molecule has 0 aliphatic heterocycles. The van der Waals surface area contributed by atoms with Gasteiger partial charge in [0.1, 0.15) is 5.75 Å². The van der Waals surface area contributed by atoms with Crippen LogP contribution in [-0.2, 0) is 6.54 Å². The Morgan fingerprint density at radius 2 is 2.35 bits per heavy atom. The van der Waals surface area contributed by atoms with Gasteiger partial charge in [-0.05, 0) is 31.2 Å². The maximum Gasteiger partial charge on any atom is 0.255 e. The molecule has 20 heavy (non-hydrogen) atoms. The van der Waals surface area contributed by atoms with E-state index < -0.39 is 0 Å². The minimum Gasteiger partial charge on any atom is -0.496 e. The average Bonchev–Trinajstić information content (AvgIpc) is 2.90. The summed E-state index contributed by atoms with van der Waals surface area (Å²) in [7, 11) is 1.55. The fourth-order valence-electron chi connectivity index (χ4n) is 1.89. The summed E-state index contributed by atoms with van der Waals surface area (Å²) in [4.78, 5) is 12.2. The molecule has 1 atom stereocenters. The highest BCUT2D eigenvalue weighted by Gasteiger charge is 2.15. The Kier molecular flexibility index (Phi) is 4.79. The zero-order valence-electron chi connectivity index (χ0n) is 11.3. The summed E-state index contributed by atoms with van der Waals surface area (Å²) >= 11 is 3.35. The maximum absolute atomic E-state index is 12.2. The molecule has 1 amide bonds. The lowest BCUT2D eigenvalue weighted by Gasteiger charge is -2.15. The van der Waals surface area contributed by atoms with Crippen LogP contribution in [0.5, 0.6) is 5.75 Å². The molecule has 0 aliphatic rings. The summed E-state index contributed by atoms with van der Waals surface area (Å²) in [6.45, 7) is 2.56. The molecule has 0 radical (unpaired) electrons. The van der Waals surface area contributed by atoms with E-state index in [1.54, 1.807) is 30.1 Å². The first-order valence-electron chi connectivity index (χ1n) is 6.22. The lowest BCUT2D eigenvalue weighted by molar-refractivity contribution is 0.0933. The van der Waals surface area contributed by atoms with Crippen LogP contribution in [0, 0.1) is 0 Å². The van der Waals surface area contributed by atoms with Crippen molar-refractivity contribution in [1.82, 2.24) is 15.1 Å². The van der Waals surface area contributed by atoms with Crippen LogP contribution in [0.1, 0.15) is 17.3 Å². The number of hydrogen-bond acceptors (Lipinski definition) is 3. The summed E-state index contributed by atoms with van der Waals surface area (Å²) in [5.41, 5.74) is 0.517. The van der Waals surface area contributed by atoms with Gasteiger partial charge >= 0.3 is 0 Å². The summed E-state index contributed by atoms with van der Waals surface area (Å²) in [5.74, 6) is 0.386. The highest BCUT2D eigenvalue weighted by atomic mass is 79.9. The van der Waals surface area contributed by atoms with Gasteiger partial charge < -0.3 is 10.1 Å². The van der Waals surface area contributed by atoms with Crippen molar-refractivity contribution in [3.63, 3.8) is 0 Å². The van der Waals surface area contributed by atoms with Gasteiger partial charge in [-0.25, -0.2) is 0 Å². The molecule has 0 saturated heterocycles. The van der Waals surface area contributed by atoms with Gasteiger partial charge in [0.2, 0.25) is 0 Å². The van der Waals surface area contributed by atoms with Crippen molar-refractivity contribution in [1.29, 1.82) is 0 Å². The quantitative estimate of drug-likeness (QED) is 0.911. The monoisotopic (exact) mass is 337 g/mol. The van der Waals surface area contributed by atoms with Crippen LogP contribution in [0.15, 0.2) is 41.1 Å². The van der Waals surface area contributed by atoms with E-state index in [1.165, 1.54) is 0 Å². The Balaban J connectivity index is 2.04. The Hall–Kier alpha value is -1.82.